The number of alkyl halides is 1. The van der Waals surface area contributed by atoms with E-state index in [1.54, 1.807) is 10.7 Å². The van der Waals surface area contributed by atoms with Crippen molar-refractivity contribution in [3.8, 4) is 0 Å². The molecule has 78 valence electrons. The second kappa shape index (κ2) is 5.00. The standard InChI is InChI=1S/C9H14ClN3O/c1-13-7(4-2-3-5-10)6-8(12-13)9(11)14/h6H,2-5H2,1H3,(H2,11,14). The number of rotatable bonds is 5. The van der Waals surface area contributed by atoms with Crippen molar-refractivity contribution in [3.05, 3.63) is 17.5 Å². The summed E-state index contributed by atoms with van der Waals surface area (Å²) < 4.78 is 1.69. The fourth-order valence-electron chi connectivity index (χ4n) is 1.26. The molecule has 1 rings (SSSR count). The highest BCUT2D eigenvalue weighted by Crippen LogP contribution is 2.07. The van der Waals surface area contributed by atoms with Gasteiger partial charge in [-0.15, -0.1) is 11.6 Å². The van der Waals surface area contributed by atoms with E-state index in [2.05, 4.69) is 5.10 Å². The number of carbonyl (C=O) groups is 1. The van der Waals surface area contributed by atoms with Crippen LogP contribution in [0.2, 0.25) is 0 Å². The van der Waals surface area contributed by atoms with Crippen LogP contribution < -0.4 is 5.73 Å². The lowest BCUT2D eigenvalue weighted by Gasteiger charge is -1.98. The second-order valence-corrected chi connectivity index (χ2v) is 3.53. The van der Waals surface area contributed by atoms with E-state index in [1.807, 2.05) is 7.05 Å². The number of amides is 1. The smallest absolute Gasteiger partial charge is 0.269 e. The van der Waals surface area contributed by atoms with Crippen LogP contribution in [-0.2, 0) is 13.5 Å². The molecule has 0 unspecified atom stereocenters. The van der Waals surface area contributed by atoms with Crippen LogP contribution in [0.15, 0.2) is 6.07 Å². The van der Waals surface area contributed by atoms with Crippen molar-refractivity contribution in [1.82, 2.24) is 9.78 Å². The fourth-order valence-corrected chi connectivity index (χ4v) is 1.45. The lowest BCUT2D eigenvalue weighted by atomic mass is 10.2. The summed E-state index contributed by atoms with van der Waals surface area (Å²) in [5, 5.41) is 4.00. The molecule has 14 heavy (non-hydrogen) atoms. The number of carbonyl (C=O) groups excluding carboxylic acids is 1. The molecule has 1 aromatic rings. The first-order valence-corrected chi connectivity index (χ1v) is 5.07. The number of hydrogen-bond acceptors (Lipinski definition) is 2. The van der Waals surface area contributed by atoms with E-state index in [0.29, 0.717) is 11.6 Å². The Morgan fingerprint density at radius 1 is 1.64 bits per heavy atom. The summed E-state index contributed by atoms with van der Waals surface area (Å²) in [6.07, 6.45) is 2.85. The normalized spacial score (nSPS) is 10.4. The molecular formula is C9H14ClN3O. The molecule has 0 radical (unpaired) electrons. The van der Waals surface area contributed by atoms with Crippen molar-refractivity contribution in [2.45, 2.75) is 19.3 Å². The van der Waals surface area contributed by atoms with Crippen molar-refractivity contribution in [3.63, 3.8) is 0 Å². The first-order valence-electron chi connectivity index (χ1n) is 4.54. The third kappa shape index (κ3) is 2.73. The highest BCUT2D eigenvalue weighted by molar-refractivity contribution is 6.17. The maximum atomic E-state index is 10.8. The maximum Gasteiger partial charge on any atom is 0.269 e. The van der Waals surface area contributed by atoms with Crippen LogP contribution in [0.1, 0.15) is 29.0 Å². The van der Waals surface area contributed by atoms with E-state index in [-0.39, 0.29) is 0 Å². The van der Waals surface area contributed by atoms with E-state index in [1.165, 1.54) is 0 Å². The average Bonchev–Trinajstić information content (AvgIpc) is 2.49. The first kappa shape index (κ1) is 11.0. The highest BCUT2D eigenvalue weighted by atomic mass is 35.5. The van der Waals surface area contributed by atoms with Crippen LogP contribution in [0.5, 0.6) is 0 Å². The number of aromatic nitrogens is 2. The molecule has 0 aliphatic heterocycles. The van der Waals surface area contributed by atoms with Crippen LogP contribution >= 0.6 is 11.6 Å². The monoisotopic (exact) mass is 215 g/mol. The number of aryl methyl sites for hydroxylation is 2. The Kier molecular flexibility index (Phi) is 3.95. The molecule has 0 fully saturated rings. The summed E-state index contributed by atoms with van der Waals surface area (Å²) in [5.74, 6) is 0.185. The minimum absolute atomic E-state index is 0.327. The third-order valence-electron chi connectivity index (χ3n) is 2.05. The zero-order valence-corrected chi connectivity index (χ0v) is 8.92. The van der Waals surface area contributed by atoms with Gasteiger partial charge >= 0.3 is 0 Å². The van der Waals surface area contributed by atoms with E-state index in [0.717, 1.165) is 25.0 Å². The van der Waals surface area contributed by atoms with Crippen LogP contribution in [0.4, 0.5) is 0 Å². The SMILES string of the molecule is Cn1nc(C(N)=O)cc1CCCCCl. The molecule has 0 spiro atoms. The van der Waals surface area contributed by atoms with Gasteiger partial charge in [0.2, 0.25) is 0 Å². The summed E-state index contributed by atoms with van der Waals surface area (Å²) in [6.45, 7) is 0. The van der Waals surface area contributed by atoms with Gasteiger partial charge in [0, 0.05) is 18.6 Å². The average molecular weight is 216 g/mol. The number of hydrogen-bond donors (Lipinski definition) is 1. The number of halogens is 1. The van der Waals surface area contributed by atoms with Crippen molar-refractivity contribution in [2.75, 3.05) is 5.88 Å². The summed E-state index contributed by atoms with van der Waals surface area (Å²) in [7, 11) is 1.81. The zero-order valence-electron chi connectivity index (χ0n) is 8.16. The number of unbranched alkanes of at least 4 members (excludes halogenated alkanes) is 1. The highest BCUT2D eigenvalue weighted by Gasteiger charge is 2.08. The van der Waals surface area contributed by atoms with Crippen LogP contribution in [0.25, 0.3) is 0 Å². The Balaban J connectivity index is 2.63. The van der Waals surface area contributed by atoms with Crippen LogP contribution in [0.3, 0.4) is 0 Å². The van der Waals surface area contributed by atoms with E-state index >= 15 is 0 Å². The lowest BCUT2D eigenvalue weighted by molar-refractivity contribution is 0.0995. The third-order valence-corrected chi connectivity index (χ3v) is 2.31. The maximum absolute atomic E-state index is 10.8. The second-order valence-electron chi connectivity index (χ2n) is 3.15. The predicted octanol–water partition coefficient (Wildman–Crippen LogP) is 1.08. The number of nitrogens with zero attached hydrogens (tertiary/aromatic N) is 2. The Hall–Kier alpha value is -1.03. The van der Waals surface area contributed by atoms with Crippen molar-refractivity contribution >= 4 is 17.5 Å². The van der Waals surface area contributed by atoms with Crippen molar-refractivity contribution < 1.29 is 4.79 Å². The van der Waals surface area contributed by atoms with Gasteiger partial charge in [-0.2, -0.15) is 5.10 Å². The molecule has 4 nitrogen and oxygen atoms in total. The van der Waals surface area contributed by atoms with Gasteiger partial charge < -0.3 is 5.73 Å². The lowest BCUT2D eigenvalue weighted by Crippen LogP contribution is -2.11. The molecule has 0 bridgehead atoms. The molecule has 0 aliphatic carbocycles. The van der Waals surface area contributed by atoms with E-state index in [9.17, 15) is 4.79 Å². The van der Waals surface area contributed by atoms with E-state index in [4.69, 9.17) is 17.3 Å². The molecule has 0 saturated carbocycles. The molecule has 2 N–H and O–H groups in total. The molecule has 1 heterocycles. The topological polar surface area (TPSA) is 60.9 Å². The van der Waals surface area contributed by atoms with E-state index < -0.39 is 5.91 Å². The van der Waals surface area contributed by atoms with Crippen molar-refractivity contribution in [2.24, 2.45) is 12.8 Å². The summed E-state index contributed by atoms with van der Waals surface area (Å²) in [5.41, 5.74) is 6.46. The van der Waals surface area contributed by atoms with Gasteiger partial charge in [-0.05, 0) is 25.3 Å². The number of primary amides is 1. The molecule has 5 heteroatoms. The van der Waals surface area contributed by atoms with Gasteiger partial charge in [0.05, 0.1) is 0 Å². The quantitative estimate of drug-likeness (QED) is 0.590. The summed E-state index contributed by atoms with van der Waals surface area (Å²) >= 11 is 5.57. The van der Waals surface area contributed by atoms with Crippen molar-refractivity contribution in [1.29, 1.82) is 0 Å². The molecular weight excluding hydrogens is 202 g/mol. The van der Waals surface area contributed by atoms with Gasteiger partial charge in [0.15, 0.2) is 0 Å². The zero-order chi connectivity index (χ0) is 10.6. The Morgan fingerprint density at radius 3 is 2.86 bits per heavy atom. The predicted molar refractivity (Wildman–Crippen MR) is 55.4 cm³/mol. The summed E-state index contributed by atoms with van der Waals surface area (Å²) in [4.78, 5) is 10.8. The molecule has 0 aliphatic rings. The van der Waals surface area contributed by atoms with Crippen LogP contribution in [0, 0.1) is 0 Å². The largest absolute Gasteiger partial charge is 0.364 e. The van der Waals surface area contributed by atoms with Gasteiger partial charge in [-0.25, -0.2) is 0 Å². The number of nitrogens with two attached hydrogens (primary N) is 1. The van der Waals surface area contributed by atoms with Gasteiger partial charge in [0.25, 0.3) is 5.91 Å². The minimum atomic E-state index is -0.482. The van der Waals surface area contributed by atoms with Gasteiger partial charge in [0.1, 0.15) is 5.69 Å². The van der Waals surface area contributed by atoms with Gasteiger partial charge in [-0.1, -0.05) is 0 Å². The molecule has 0 atom stereocenters. The fraction of sp³-hybridized carbons (Fsp3) is 0.556. The molecule has 0 aromatic carbocycles. The van der Waals surface area contributed by atoms with Crippen LogP contribution in [-0.4, -0.2) is 21.6 Å². The Bertz CT molecular complexity index is 322. The molecule has 1 amide bonds. The minimum Gasteiger partial charge on any atom is -0.364 e. The summed E-state index contributed by atoms with van der Waals surface area (Å²) in [6, 6.07) is 1.73. The Morgan fingerprint density at radius 2 is 2.36 bits per heavy atom. The van der Waals surface area contributed by atoms with Gasteiger partial charge in [-0.3, -0.25) is 9.48 Å². The first-order chi connectivity index (χ1) is 6.65. The molecule has 0 saturated heterocycles. The molecule has 1 aromatic heterocycles. The Labute approximate surface area is 88.0 Å².